The van der Waals surface area contributed by atoms with Crippen LogP contribution in [0.15, 0.2) is 11.0 Å². The molecule has 2 rings (SSSR count). The number of aromatic nitrogens is 2. The van der Waals surface area contributed by atoms with Crippen LogP contribution in [0.1, 0.15) is 41.7 Å². The number of piperidine rings is 1. The smallest absolute Gasteiger partial charge is 0.347 e. The first-order valence-electron chi connectivity index (χ1n) is 6.56. The highest BCUT2D eigenvalue weighted by molar-refractivity contribution is 5.88. The second-order valence-electron chi connectivity index (χ2n) is 4.99. The molecule has 1 aromatic heterocycles. The van der Waals surface area contributed by atoms with Gasteiger partial charge in [-0.15, -0.1) is 0 Å². The topological polar surface area (TPSA) is 75.4 Å². The Hall–Kier alpha value is -1.69. The zero-order valence-corrected chi connectivity index (χ0v) is 11.3. The van der Waals surface area contributed by atoms with Crippen LogP contribution in [-0.2, 0) is 6.54 Å². The first-order chi connectivity index (χ1) is 9.02. The molecule has 1 N–H and O–H groups in total. The van der Waals surface area contributed by atoms with E-state index in [2.05, 4.69) is 9.88 Å². The fourth-order valence-electron chi connectivity index (χ4n) is 2.49. The van der Waals surface area contributed by atoms with Crippen LogP contribution in [0.5, 0.6) is 0 Å². The summed E-state index contributed by atoms with van der Waals surface area (Å²) in [6.45, 7) is 4.04. The molecule has 0 saturated carbocycles. The Morgan fingerprint density at radius 1 is 1.47 bits per heavy atom. The van der Waals surface area contributed by atoms with Crippen molar-refractivity contribution < 1.29 is 9.90 Å². The Morgan fingerprint density at radius 3 is 2.63 bits per heavy atom. The molecule has 0 amide bonds. The first-order valence-corrected chi connectivity index (χ1v) is 6.56. The van der Waals surface area contributed by atoms with Crippen molar-refractivity contribution in [1.82, 2.24) is 14.5 Å². The summed E-state index contributed by atoms with van der Waals surface area (Å²) in [6, 6.07) is 0. The van der Waals surface area contributed by atoms with Gasteiger partial charge in [0.2, 0.25) is 0 Å². The molecule has 1 aliphatic heterocycles. The van der Waals surface area contributed by atoms with Crippen LogP contribution in [0.2, 0.25) is 0 Å². The number of hydrogen-bond acceptors (Lipinski definition) is 4. The Balaban J connectivity index is 2.41. The highest BCUT2D eigenvalue weighted by atomic mass is 16.4. The SMILES string of the molecule is CCn1cc(C(=O)O)c(C2CCN(C)CC2)nc1=O. The van der Waals surface area contributed by atoms with Gasteiger partial charge in [-0.05, 0) is 39.9 Å². The minimum absolute atomic E-state index is 0.0708. The van der Waals surface area contributed by atoms with Crippen molar-refractivity contribution in [2.24, 2.45) is 0 Å². The van der Waals surface area contributed by atoms with Gasteiger partial charge >= 0.3 is 11.7 Å². The van der Waals surface area contributed by atoms with Gasteiger partial charge in [0.1, 0.15) is 0 Å². The van der Waals surface area contributed by atoms with Gasteiger partial charge in [0.15, 0.2) is 0 Å². The van der Waals surface area contributed by atoms with Crippen molar-refractivity contribution in [3.8, 4) is 0 Å². The number of nitrogens with zero attached hydrogens (tertiary/aromatic N) is 3. The second kappa shape index (κ2) is 5.52. The zero-order chi connectivity index (χ0) is 14.0. The van der Waals surface area contributed by atoms with Gasteiger partial charge in [0.05, 0.1) is 11.3 Å². The summed E-state index contributed by atoms with van der Waals surface area (Å²) in [5.74, 6) is -0.940. The summed E-state index contributed by atoms with van der Waals surface area (Å²) in [5.41, 5.74) is 0.257. The lowest BCUT2D eigenvalue weighted by Crippen LogP contribution is -2.33. The molecule has 0 aromatic carbocycles. The minimum Gasteiger partial charge on any atom is -0.478 e. The lowest BCUT2D eigenvalue weighted by atomic mass is 9.91. The number of hydrogen-bond donors (Lipinski definition) is 1. The largest absolute Gasteiger partial charge is 0.478 e. The Labute approximate surface area is 111 Å². The molecule has 6 heteroatoms. The van der Waals surface area contributed by atoms with Crippen LogP contribution in [0.3, 0.4) is 0 Å². The van der Waals surface area contributed by atoms with Crippen LogP contribution in [0.25, 0.3) is 0 Å². The molecule has 2 heterocycles. The van der Waals surface area contributed by atoms with E-state index in [0.29, 0.717) is 12.2 Å². The summed E-state index contributed by atoms with van der Waals surface area (Å²) in [6.07, 6.45) is 3.12. The summed E-state index contributed by atoms with van der Waals surface area (Å²) < 4.78 is 1.34. The fourth-order valence-corrected chi connectivity index (χ4v) is 2.49. The van der Waals surface area contributed by atoms with E-state index in [1.165, 1.54) is 10.8 Å². The van der Waals surface area contributed by atoms with E-state index in [9.17, 15) is 14.7 Å². The molecule has 0 unspecified atom stereocenters. The molecule has 0 radical (unpaired) electrons. The number of carbonyl (C=O) groups is 1. The lowest BCUT2D eigenvalue weighted by Gasteiger charge is -2.29. The summed E-state index contributed by atoms with van der Waals surface area (Å²) >= 11 is 0. The Bertz CT molecular complexity index is 530. The summed E-state index contributed by atoms with van der Waals surface area (Å²) in [7, 11) is 2.04. The van der Waals surface area contributed by atoms with Crippen molar-refractivity contribution in [3.63, 3.8) is 0 Å². The maximum absolute atomic E-state index is 11.8. The van der Waals surface area contributed by atoms with E-state index in [0.717, 1.165) is 25.9 Å². The Morgan fingerprint density at radius 2 is 2.11 bits per heavy atom. The molecular formula is C13H19N3O3. The van der Waals surface area contributed by atoms with Gasteiger partial charge in [-0.2, -0.15) is 4.98 Å². The molecule has 1 aromatic rings. The van der Waals surface area contributed by atoms with Gasteiger partial charge < -0.3 is 10.0 Å². The summed E-state index contributed by atoms with van der Waals surface area (Å²) in [4.78, 5) is 29.4. The molecule has 1 fully saturated rings. The average molecular weight is 265 g/mol. The van der Waals surface area contributed by atoms with Crippen molar-refractivity contribution in [1.29, 1.82) is 0 Å². The first kappa shape index (κ1) is 13.7. The number of aryl methyl sites for hydroxylation is 1. The van der Waals surface area contributed by atoms with Gasteiger partial charge in [-0.3, -0.25) is 4.57 Å². The van der Waals surface area contributed by atoms with Crippen LogP contribution < -0.4 is 5.69 Å². The molecule has 1 aliphatic rings. The normalized spacial score (nSPS) is 17.6. The van der Waals surface area contributed by atoms with E-state index in [4.69, 9.17) is 0 Å². The summed E-state index contributed by atoms with van der Waals surface area (Å²) in [5, 5.41) is 9.29. The molecule has 104 valence electrons. The van der Waals surface area contributed by atoms with Gasteiger partial charge in [0.25, 0.3) is 0 Å². The quantitative estimate of drug-likeness (QED) is 0.873. The zero-order valence-electron chi connectivity index (χ0n) is 11.3. The van der Waals surface area contributed by atoms with Gasteiger partial charge in [-0.1, -0.05) is 0 Å². The van der Waals surface area contributed by atoms with Crippen molar-refractivity contribution in [2.75, 3.05) is 20.1 Å². The lowest BCUT2D eigenvalue weighted by molar-refractivity contribution is 0.0692. The van der Waals surface area contributed by atoms with Crippen LogP contribution in [0, 0.1) is 0 Å². The molecule has 6 nitrogen and oxygen atoms in total. The van der Waals surface area contributed by atoms with Crippen LogP contribution in [0.4, 0.5) is 0 Å². The minimum atomic E-state index is -1.01. The van der Waals surface area contributed by atoms with Crippen molar-refractivity contribution in [2.45, 2.75) is 32.2 Å². The average Bonchev–Trinajstić information content (AvgIpc) is 2.39. The highest BCUT2D eigenvalue weighted by Gasteiger charge is 2.25. The molecule has 0 bridgehead atoms. The standard InChI is InChI=1S/C13H19N3O3/c1-3-16-8-10(12(17)18)11(14-13(16)19)9-4-6-15(2)7-5-9/h8-9H,3-7H2,1-2H3,(H,17,18). The molecule has 1 saturated heterocycles. The molecular weight excluding hydrogens is 246 g/mol. The maximum Gasteiger partial charge on any atom is 0.347 e. The fraction of sp³-hybridized carbons (Fsp3) is 0.615. The maximum atomic E-state index is 11.8. The number of rotatable bonds is 3. The highest BCUT2D eigenvalue weighted by Crippen LogP contribution is 2.27. The third kappa shape index (κ3) is 2.84. The number of likely N-dealkylation sites (tertiary alicyclic amines) is 1. The van der Waals surface area contributed by atoms with E-state index < -0.39 is 5.97 Å². The van der Waals surface area contributed by atoms with E-state index in [1.807, 2.05) is 7.05 Å². The monoisotopic (exact) mass is 265 g/mol. The predicted octanol–water partition coefficient (Wildman–Crippen LogP) is 0.771. The van der Waals surface area contributed by atoms with E-state index in [-0.39, 0.29) is 17.2 Å². The molecule has 19 heavy (non-hydrogen) atoms. The number of carboxylic acids is 1. The number of carboxylic acid groups (broad SMARTS) is 1. The third-order valence-corrected chi connectivity index (χ3v) is 3.70. The van der Waals surface area contributed by atoms with E-state index >= 15 is 0 Å². The van der Waals surface area contributed by atoms with Gasteiger partial charge in [-0.25, -0.2) is 9.59 Å². The predicted molar refractivity (Wildman–Crippen MR) is 70.6 cm³/mol. The molecule has 0 spiro atoms. The van der Waals surface area contributed by atoms with E-state index in [1.54, 1.807) is 6.92 Å². The van der Waals surface area contributed by atoms with Crippen molar-refractivity contribution >= 4 is 5.97 Å². The van der Waals surface area contributed by atoms with Crippen LogP contribution in [-0.4, -0.2) is 45.7 Å². The number of aromatic carboxylic acids is 1. The van der Waals surface area contributed by atoms with Crippen molar-refractivity contribution in [3.05, 3.63) is 27.9 Å². The molecule has 0 aliphatic carbocycles. The second-order valence-corrected chi connectivity index (χ2v) is 4.99. The van der Waals surface area contributed by atoms with Crippen LogP contribution >= 0.6 is 0 Å². The molecule has 0 atom stereocenters. The Kier molecular flexibility index (Phi) is 3.99. The van der Waals surface area contributed by atoms with Gasteiger partial charge in [0, 0.05) is 18.7 Å². The third-order valence-electron chi connectivity index (χ3n) is 3.70.